The van der Waals surface area contributed by atoms with E-state index in [0.29, 0.717) is 10.0 Å². The van der Waals surface area contributed by atoms with Crippen molar-refractivity contribution >= 4 is 29.2 Å². The molecule has 0 saturated heterocycles. The molecular formula is C12H14Cl2O2. The molecule has 0 fully saturated rings. The van der Waals surface area contributed by atoms with Crippen molar-refractivity contribution in [3.63, 3.8) is 0 Å². The number of ether oxygens (including phenoxy) is 1. The van der Waals surface area contributed by atoms with Crippen molar-refractivity contribution < 1.29 is 9.53 Å². The molecule has 1 aromatic rings. The van der Waals surface area contributed by atoms with Gasteiger partial charge in [0.25, 0.3) is 0 Å². The zero-order valence-electron chi connectivity index (χ0n) is 9.46. The fourth-order valence-electron chi connectivity index (χ4n) is 1.64. The monoisotopic (exact) mass is 260 g/mol. The maximum atomic E-state index is 11.7. The quantitative estimate of drug-likeness (QED) is 0.771. The molecule has 0 heterocycles. The van der Waals surface area contributed by atoms with E-state index in [1.54, 1.807) is 18.2 Å². The van der Waals surface area contributed by atoms with E-state index >= 15 is 0 Å². The van der Waals surface area contributed by atoms with Crippen molar-refractivity contribution in [2.24, 2.45) is 5.92 Å². The zero-order valence-corrected chi connectivity index (χ0v) is 11.0. The normalized spacial score (nSPS) is 12.6. The van der Waals surface area contributed by atoms with E-state index < -0.39 is 0 Å². The molecule has 88 valence electrons. The highest BCUT2D eigenvalue weighted by molar-refractivity contribution is 6.35. The Hall–Kier alpha value is -0.730. The van der Waals surface area contributed by atoms with Crippen molar-refractivity contribution in [3.05, 3.63) is 33.8 Å². The van der Waals surface area contributed by atoms with Gasteiger partial charge in [0.15, 0.2) is 0 Å². The van der Waals surface area contributed by atoms with Crippen LogP contribution >= 0.6 is 23.2 Å². The third kappa shape index (κ3) is 2.89. The van der Waals surface area contributed by atoms with E-state index in [1.807, 2.05) is 13.8 Å². The van der Waals surface area contributed by atoms with Gasteiger partial charge in [0.05, 0.1) is 13.0 Å². The smallest absolute Gasteiger partial charge is 0.313 e. The minimum absolute atomic E-state index is 0.117. The number of methoxy groups -OCH3 is 1. The minimum atomic E-state index is -0.352. The second kappa shape index (κ2) is 5.55. The lowest BCUT2D eigenvalue weighted by atomic mass is 9.88. The summed E-state index contributed by atoms with van der Waals surface area (Å²) in [6.45, 7) is 3.90. The molecule has 0 spiro atoms. The Morgan fingerprint density at radius 3 is 2.38 bits per heavy atom. The molecule has 0 amide bonds. The lowest BCUT2D eigenvalue weighted by molar-refractivity contribution is -0.143. The lowest BCUT2D eigenvalue weighted by Gasteiger charge is -2.19. The Bertz CT molecular complexity index is 389. The van der Waals surface area contributed by atoms with Crippen LogP contribution < -0.4 is 0 Å². The average molecular weight is 261 g/mol. The summed E-state index contributed by atoms with van der Waals surface area (Å²) in [6.07, 6.45) is 0. The van der Waals surface area contributed by atoms with Crippen LogP contribution in [0.2, 0.25) is 10.0 Å². The van der Waals surface area contributed by atoms with Gasteiger partial charge in [-0.05, 0) is 23.6 Å². The van der Waals surface area contributed by atoms with Crippen molar-refractivity contribution in [1.29, 1.82) is 0 Å². The lowest BCUT2D eigenvalue weighted by Crippen LogP contribution is -2.19. The van der Waals surface area contributed by atoms with Gasteiger partial charge in [-0.25, -0.2) is 0 Å². The Labute approximate surface area is 106 Å². The number of halogens is 2. The number of carbonyl (C=O) groups is 1. The first-order valence-electron chi connectivity index (χ1n) is 5.00. The summed E-state index contributed by atoms with van der Waals surface area (Å²) < 4.78 is 4.78. The average Bonchev–Trinajstić information content (AvgIpc) is 2.21. The van der Waals surface area contributed by atoms with Gasteiger partial charge >= 0.3 is 5.97 Å². The first-order valence-corrected chi connectivity index (χ1v) is 5.75. The molecule has 0 bridgehead atoms. The molecule has 1 rings (SSSR count). The van der Waals surface area contributed by atoms with Crippen LogP contribution in [-0.2, 0) is 9.53 Å². The molecule has 0 saturated carbocycles. The van der Waals surface area contributed by atoms with Gasteiger partial charge in [-0.2, -0.15) is 0 Å². The van der Waals surface area contributed by atoms with E-state index in [0.717, 1.165) is 5.56 Å². The van der Waals surface area contributed by atoms with Gasteiger partial charge in [-0.1, -0.05) is 43.1 Å². The molecular weight excluding hydrogens is 247 g/mol. The fraction of sp³-hybridized carbons (Fsp3) is 0.417. The highest BCUT2D eigenvalue weighted by atomic mass is 35.5. The molecule has 0 aliphatic carbocycles. The number of hydrogen-bond donors (Lipinski definition) is 0. The SMILES string of the molecule is COC(=O)C(c1ccc(Cl)cc1Cl)C(C)C. The van der Waals surface area contributed by atoms with Crippen LogP contribution in [-0.4, -0.2) is 13.1 Å². The standard InChI is InChI=1S/C12H14Cl2O2/c1-7(2)11(12(15)16-3)9-5-4-8(13)6-10(9)14/h4-7,11H,1-3H3. The third-order valence-electron chi connectivity index (χ3n) is 2.42. The van der Waals surface area contributed by atoms with Crippen LogP contribution in [0.15, 0.2) is 18.2 Å². The van der Waals surface area contributed by atoms with Crippen LogP contribution in [0.1, 0.15) is 25.3 Å². The van der Waals surface area contributed by atoms with Crippen molar-refractivity contribution in [3.8, 4) is 0 Å². The summed E-state index contributed by atoms with van der Waals surface area (Å²) >= 11 is 11.9. The van der Waals surface area contributed by atoms with Crippen LogP contribution in [0, 0.1) is 5.92 Å². The second-order valence-corrected chi connectivity index (χ2v) is 4.75. The van der Waals surface area contributed by atoms with E-state index in [1.165, 1.54) is 7.11 Å². The van der Waals surface area contributed by atoms with Crippen LogP contribution in [0.3, 0.4) is 0 Å². The van der Waals surface area contributed by atoms with Gasteiger partial charge in [-0.15, -0.1) is 0 Å². The fourth-order valence-corrected chi connectivity index (χ4v) is 2.16. The van der Waals surface area contributed by atoms with Crippen molar-refractivity contribution in [2.75, 3.05) is 7.11 Å². The highest BCUT2D eigenvalue weighted by Crippen LogP contribution is 2.32. The van der Waals surface area contributed by atoms with Gasteiger partial charge < -0.3 is 4.74 Å². The topological polar surface area (TPSA) is 26.3 Å². The minimum Gasteiger partial charge on any atom is -0.469 e. The highest BCUT2D eigenvalue weighted by Gasteiger charge is 2.26. The predicted molar refractivity (Wildman–Crippen MR) is 66.1 cm³/mol. The number of rotatable bonds is 3. The summed E-state index contributed by atoms with van der Waals surface area (Å²) in [5.74, 6) is -0.514. The second-order valence-electron chi connectivity index (χ2n) is 3.91. The van der Waals surface area contributed by atoms with E-state index in [4.69, 9.17) is 27.9 Å². The molecule has 4 heteroatoms. The van der Waals surface area contributed by atoms with Crippen LogP contribution in [0.5, 0.6) is 0 Å². The Morgan fingerprint density at radius 2 is 1.94 bits per heavy atom. The maximum absolute atomic E-state index is 11.7. The molecule has 0 N–H and O–H groups in total. The summed E-state index contributed by atoms with van der Waals surface area (Å²) in [7, 11) is 1.38. The molecule has 0 aromatic heterocycles. The van der Waals surface area contributed by atoms with Crippen LogP contribution in [0.4, 0.5) is 0 Å². The van der Waals surface area contributed by atoms with Gasteiger partial charge in [-0.3, -0.25) is 4.79 Å². The summed E-state index contributed by atoms with van der Waals surface area (Å²) in [5.41, 5.74) is 0.757. The molecule has 0 aliphatic rings. The van der Waals surface area contributed by atoms with Crippen molar-refractivity contribution in [2.45, 2.75) is 19.8 Å². The molecule has 16 heavy (non-hydrogen) atoms. The Balaban J connectivity index is 3.16. The molecule has 2 nitrogen and oxygen atoms in total. The maximum Gasteiger partial charge on any atom is 0.313 e. The molecule has 1 unspecified atom stereocenters. The summed E-state index contributed by atoms with van der Waals surface area (Å²) in [4.78, 5) is 11.7. The molecule has 0 radical (unpaired) electrons. The van der Waals surface area contributed by atoms with E-state index in [9.17, 15) is 4.79 Å². The van der Waals surface area contributed by atoms with Crippen molar-refractivity contribution in [1.82, 2.24) is 0 Å². The predicted octanol–water partition coefficient (Wildman–Crippen LogP) is 3.91. The summed E-state index contributed by atoms with van der Waals surface area (Å²) in [5, 5.41) is 1.05. The molecule has 1 aromatic carbocycles. The van der Waals surface area contributed by atoms with E-state index in [-0.39, 0.29) is 17.8 Å². The zero-order chi connectivity index (χ0) is 12.3. The Morgan fingerprint density at radius 1 is 1.31 bits per heavy atom. The van der Waals surface area contributed by atoms with Gasteiger partial charge in [0.1, 0.15) is 0 Å². The molecule has 0 aliphatic heterocycles. The summed E-state index contributed by atoms with van der Waals surface area (Å²) in [6, 6.07) is 5.13. The number of carbonyl (C=O) groups excluding carboxylic acids is 1. The van der Waals surface area contributed by atoms with Gasteiger partial charge in [0.2, 0.25) is 0 Å². The number of esters is 1. The molecule has 1 atom stereocenters. The van der Waals surface area contributed by atoms with Gasteiger partial charge in [0, 0.05) is 10.0 Å². The number of hydrogen-bond acceptors (Lipinski definition) is 2. The first-order chi connectivity index (χ1) is 7.47. The van der Waals surface area contributed by atoms with E-state index in [2.05, 4.69) is 0 Å². The Kier molecular flexibility index (Phi) is 4.63. The number of benzene rings is 1. The third-order valence-corrected chi connectivity index (χ3v) is 2.98. The van der Waals surface area contributed by atoms with Crippen LogP contribution in [0.25, 0.3) is 0 Å². The largest absolute Gasteiger partial charge is 0.469 e. The first kappa shape index (κ1) is 13.3.